The fraction of sp³-hybridized carbons (Fsp3) is 0.562. The Balaban J connectivity index is 2.08. The lowest BCUT2D eigenvalue weighted by atomic mass is 10.2. The molecule has 0 aliphatic carbocycles. The van der Waals surface area contributed by atoms with Gasteiger partial charge in [-0.25, -0.2) is 0 Å². The second-order valence-electron chi connectivity index (χ2n) is 4.82. The molecule has 1 atom stereocenters. The Morgan fingerprint density at radius 1 is 1.24 bits per heavy atom. The van der Waals surface area contributed by atoms with Crippen LogP contribution in [0.15, 0.2) is 23.2 Å². The van der Waals surface area contributed by atoms with Crippen LogP contribution in [0.25, 0.3) is 0 Å². The van der Waals surface area contributed by atoms with Crippen LogP contribution in [0.5, 0.6) is 11.5 Å². The smallest absolute Gasteiger partial charge is 0.161 e. The average molecular weight is 308 g/mol. The number of nitrogens with one attached hydrogen (secondary N) is 1. The molecule has 0 amide bonds. The molecule has 0 saturated heterocycles. The summed E-state index contributed by atoms with van der Waals surface area (Å²) in [6.07, 6.45) is 2.40. The molecule has 1 aromatic rings. The number of thioether (sulfide) groups is 1. The normalized spacial score (nSPS) is 17.5. The van der Waals surface area contributed by atoms with Gasteiger partial charge in [-0.05, 0) is 32.4 Å². The van der Waals surface area contributed by atoms with Crippen LogP contribution in [-0.2, 0) is 0 Å². The van der Waals surface area contributed by atoms with E-state index in [0.717, 1.165) is 28.9 Å². The van der Waals surface area contributed by atoms with Crippen LogP contribution in [0.4, 0.5) is 5.69 Å². The summed E-state index contributed by atoms with van der Waals surface area (Å²) in [4.78, 5) is 4.58. The molecule has 0 spiro atoms. The molecule has 0 saturated carbocycles. The lowest BCUT2D eigenvalue weighted by Gasteiger charge is -2.14. The maximum atomic E-state index is 5.67. The van der Waals surface area contributed by atoms with Gasteiger partial charge in [0.25, 0.3) is 0 Å². The summed E-state index contributed by atoms with van der Waals surface area (Å²) in [6, 6.07) is 5.86. The summed E-state index contributed by atoms with van der Waals surface area (Å²) >= 11 is 1.82. The van der Waals surface area contributed by atoms with Crippen molar-refractivity contribution in [1.29, 1.82) is 0 Å². The molecular formula is C16H24N2O2S. The summed E-state index contributed by atoms with van der Waals surface area (Å²) in [7, 11) is 0. The number of nitrogens with zero attached hydrogens (tertiary/aromatic N) is 1. The van der Waals surface area contributed by atoms with E-state index in [1.165, 1.54) is 12.8 Å². The molecule has 2 rings (SSSR count). The number of rotatable bonds is 7. The average Bonchev–Trinajstić information content (AvgIpc) is 2.90. The molecule has 0 bridgehead atoms. The largest absolute Gasteiger partial charge is 0.494 e. The Labute approximate surface area is 131 Å². The number of hydrogen-bond acceptors (Lipinski definition) is 5. The zero-order valence-electron chi connectivity index (χ0n) is 13.0. The number of anilines is 1. The first-order valence-electron chi connectivity index (χ1n) is 7.64. The molecule has 1 N–H and O–H groups in total. The molecule has 1 heterocycles. The van der Waals surface area contributed by atoms with Gasteiger partial charge in [0.05, 0.1) is 25.4 Å². The third-order valence-corrected chi connectivity index (χ3v) is 4.30. The first-order valence-corrected chi connectivity index (χ1v) is 8.52. The van der Waals surface area contributed by atoms with Crippen LogP contribution < -0.4 is 14.8 Å². The summed E-state index contributed by atoms with van der Waals surface area (Å²) in [5.74, 6) is 1.68. The number of hydrogen-bond donors (Lipinski definition) is 1. The molecule has 1 unspecified atom stereocenters. The Kier molecular flexibility index (Phi) is 6.23. The van der Waals surface area contributed by atoms with Crippen molar-refractivity contribution < 1.29 is 9.47 Å². The van der Waals surface area contributed by atoms with E-state index in [9.17, 15) is 0 Å². The maximum absolute atomic E-state index is 5.67. The van der Waals surface area contributed by atoms with Gasteiger partial charge in [-0.2, -0.15) is 0 Å². The summed E-state index contributed by atoms with van der Waals surface area (Å²) in [5.41, 5.74) is 0.922. The second kappa shape index (κ2) is 8.17. The van der Waals surface area contributed by atoms with Gasteiger partial charge in [-0.3, -0.25) is 4.99 Å². The molecule has 1 aliphatic rings. The molecule has 116 valence electrons. The van der Waals surface area contributed by atoms with Crippen molar-refractivity contribution in [2.75, 3.05) is 25.1 Å². The van der Waals surface area contributed by atoms with E-state index in [0.29, 0.717) is 18.5 Å². The molecule has 0 fully saturated rings. The third kappa shape index (κ3) is 4.56. The van der Waals surface area contributed by atoms with Crippen LogP contribution in [0.1, 0.15) is 33.6 Å². The molecular weight excluding hydrogens is 284 g/mol. The van der Waals surface area contributed by atoms with E-state index in [1.54, 1.807) is 0 Å². The number of ether oxygens (including phenoxy) is 2. The van der Waals surface area contributed by atoms with Gasteiger partial charge in [-0.1, -0.05) is 25.1 Å². The number of benzene rings is 1. The Hall–Kier alpha value is -1.36. The third-order valence-electron chi connectivity index (χ3n) is 3.13. The van der Waals surface area contributed by atoms with E-state index in [-0.39, 0.29) is 0 Å². The molecule has 5 heteroatoms. The van der Waals surface area contributed by atoms with Crippen molar-refractivity contribution in [2.24, 2.45) is 4.99 Å². The molecule has 0 aromatic heterocycles. The standard InChI is InChI=1S/C16H24N2O2S/c1-4-7-13-11-17-16(21-13)18-14-10-12(19-5-2)8-9-15(14)20-6-3/h8-10,13H,4-7,11H2,1-3H3,(H,17,18). The number of amidine groups is 1. The van der Waals surface area contributed by atoms with Crippen LogP contribution in [0, 0.1) is 0 Å². The summed E-state index contributed by atoms with van der Waals surface area (Å²) in [5, 5.41) is 4.96. The van der Waals surface area contributed by atoms with Gasteiger partial charge in [-0.15, -0.1) is 0 Å². The second-order valence-corrected chi connectivity index (χ2v) is 6.11. The van der Waals surface area contributed by atoms with E-state index in [4.69, 9.17) is 9.47 Å². The van der Waals surface area contributed by atoms with E-state index >= 15 is 0 Å². The van der Waals surface area contributed by atoms with Crippen molar-refractivity contribution in [3.63, 3.8) is 0 Å². The first-order chi connectivity index (χ1) is 10.3. The molecule has 1 aromatic carbocycles. The molecule has 4 nitrogen and oxygen atoms in total. The van der Waals surface area contributed by atoms with Gasteiger partial charge >= 0.3 is 0 Å². The molecule has 0 radical (unpaired) electrons. The lowest BCUT2D eigenvalue weighted by Crippen LogP contribution is -2.09. The highest BCUT2D eigenvalue weighted by atomic mass is 32.2. The van der Waals surface area contributed by atoms with Crippen LogP contribution in [0.3, 0.4) is 0 Å². The van der Waals surface area contributed by atoms with Gasteiger partial charge in [0.15, 0.2) is 5.17 Å². The highest BCUT2D eigenvalue weighted by molar-refractivity contribution is 8.15. The highest BCUT2D eigenvalue weighted by Crippen LogP contribution is 2.32. The summed E-state index contributed by atoms with van der Waals surface area (Å²) < 4.78 is 11.2. The Bertz CT molecular complexity index is 491. The van der Waals surface area contributed by atoms with Gasteiger partial charge in [0.1, 0.15) is 11.5 Å². The first kappa shape index (κ1) is 16.0. The van der Waals surface area contributed by atoms with Crippen molar-refractivity contribution >= 4 is 22.6 Å². The minimum Gasteiger partial charge on any atom is -0.494 e. The Morgan fingerprint density at radius 3 is 2.76 bits per heavy atom. The SMILES string of the molecule is CCCC1CN=C(Nc2cc(OCC)ccc2OCC)S1. The zero-order chi connectivity index (χ0) is 15.1. The Morgan fingerprint density at radius 2 is 2.05 bits per heavy atom. The molecule has 21 heavy (non-hydrogen) atoms. The fourth-order valence-electron chi connectivity index (χ4n) is 2.22. The van der Waals surface area contributed by atoms with Crippen LogP contribution in [-0.4, -0.2) is 30.2 Å². The van der Waals surface area contributed by atoms with E-state index in [2.05, 4.69) is 17.2 Å². The van der Waals surface area contributed by atoms with Crippen molar-refractivity contribution in [3.8, 4) is 11.5 Å². The van der Waals surface area contributed by atoms with Gasteiger partial charge in [0.2, 0.25) is 0 Å². The van der Waals surface area contributed by atoms with Crippen molar-refractivity contribution in [1.82, 2.24) is 0 Å². The van der Waals surface area contributed by atoms with Crippen molar-refractivity contribution in [3.05, 3.63) is 18.2 Å². The lowest BCUT2D eigenvalue weighted by molar-refractivity contribution is 0.332. The monoisotopic (exact) mass is 308 g/mol. The van der Waals surface area contributed by atoms with Crippen molar-refractivity contribution in [2.45, 2.75) is 38.9 Å². The van der Waals surface area contributed by atoms with Gasteiger partial charge in [0, 0.05) is 11.3 Å². The minimum absolute atomic E-state index is 0.600. The fourth-order valence-corrected chi connectivity index (χ4v) is 3.35. The van der Waals surface area contributed by atoms with Crippen LogP contribution >= 0.6 is 11.8 Å². The predicted octanol–water partition coefficient (Wildman–Crippen LogP) is 4.17. The zero-order valence-corrected chi connectivity index (χ0v) is 13.8. The van der Waals surface area contributed by atoms with Crippen LogP contribution in [0.2, 0.25) is 0 Å². The number of aliphatic imine (C=N–C) groups is 1. The quantitative estimate of drug-likeness (QED) is 0.821. The minimum atomic E-state index is 0.600. The van der Waals surface area contributed by atoms with E-state index in [1.807, 2.05) is 43.8 Å². The summed E-state index contributed by atoms with van der Waals surface area (Å²) in [6.45, 7) is 8.37. The predicted molar refractivity (Wildman–Crippen MR) is 91.0 cm³/mol. The molecule has 1 aliphatic heterocycles. The van der Waals surface area contributed by atoms with Gasteiger partial charge < -0.3 is 14.8 Å². The topological polar surface area (TPSA) is 42.9 Å². The van der Waals surface area contributed by atoms with E-state index < -0.39 is 0 Å². The maximum Gasteiger partial charge on any atom is 0.161 e. The highest BCUT2D eigenvalue weighted by Gasteiger charge is 2.19.